The van der Waals surface area contributed by atoms with Crippen molar-refractivity contribution in [3.63, 3.8) is 0 Å². The van der Waals surface area contributed by atoms with Crippen LogP contribution >= 0.6 is 0 Å². The van der Waals surface area contributed by atoms with Crippen LogP contribution in [0.3, 0.4) is 0 Å². The molecule has 1 aliphatic carbocycles. The molecule has 3 rings (SSSR count). The first kappa shape index (κ1) is 16.2. The average Bonchev–Trinajstić information content (AvgIpc) is 3.17. The summed E-state index contributed by atoms with van der Waals surface area (Å²) < 4.78 is 1.96. The van der Waals surface area contributed by atoms with Gasteiger partial charge in [-0.15, -0.1) is 0 Å². The normalized spacial score (nSPS) is 17.0. The fourth-order valence-corrected chi connectivity index (χ4v) is 3.54. The lowest BCUT2D eigenvalue weighted by molar-refractivity contribution is 0.00452. The van der Waals surface area contributed by atoms with Gasteiger partial charge in [0.25, 0.3) is 0 Å². The number of aromatic nitrogens is 2. The summed E-state index contributed by atoms with van der Waals surface area (Å²) in [6.45, 7) is 5.42. The van der Waals surface area contributed by atoms with E-state index in [0.717, 1.165) is 51.9 Å². The molecule has 1 aliphatic rings. The molecular weight excluding hydrogens is 286 g/mol. The summed E-state index contributed by atoms with van der Waals surface area (Å²) in [6.07, 6.45) is 8.18. The van der Waals surface area contributed by atoms with Crippen LogP contribution < -0.4 is 0 Å². The van der Waals surface area contributed by atoms with Gasteiger partial charge in [0, 0.05) is 37.9 Å². The van der Waals surface area contributed by atoms with E-state index in [1.165, 1.54) is 11.1 Å². The summed E-state index contributed by atoms with van der Waals surface area (Å²) in [4.78, 5) is 2.36. The third kappa shape index (κ3) is 4.43. The Bertz CT molecular complexity index is 602. The first-order chi connectivity index (χ1) is 11.2. The molecule has 0 spiro atoms. The smallest absolute Gasteiger partial charge is 0.0774 e. The van der Waals surface area contributed by atoms with Gasteiger partial charge in [0.15, 0.2) is 0 Å². The molecule has 1 fully saturated rings. The van der Waals surface area contributed by atoms with Crippen LogP contribution in [0.15, 0.2) is 42.7 Å². The molecule has 0 atom stereocenters. The highest BCUT2D eigenvalue weighted by Crippen LogP contribution is 2.31. The molecule has 0 aliphatic heterocycles. The van der Waals surface area contributed by atoms with Crippen LogP contribution in [0, 0.1) is 0 Å². The van der Waals surface area contributed by atoms with Gasteiger partial charge in [0.2, 0.25) is 0 Å². The van der Waals surface area contributed by atoms with E-state index in [9.17, 15) is 5.11 Å². The second-order valence-corrected chi connectivity index (χ2v) is 6.77. The minimum absolute atomic E-state index is 0.518. The van der Waals surface area contributed by atoms with Gasteiger partial charge in [-0.05, 0) is 25.3 Å². The second kappa shape index (κ2) is 7.28. The molecule has 0 amide bonds. The summed E-state index contributed by atoms with van der Waals surface area (Å²) in [7, 11) is 0. The van der Waals surface area contributed by atoms with Crippen LogP contribution in [0.25, 0.3) is 0 Å². The highest BCUT2D eigenvalue weighted by Gasteiger charge is 2.33. The van der Waals surface area contributed by atoms with E-state index in [1.807, 2.05) is 16.9 Å². The zero-order valence-electron chi connectivity index (χ0n) is 14.0. The Morgan fingerprint density at radius 3 is 2.48 bits per heavy atom. The summed E-state index contributed by atoms with van der Waals surface area (Å²) in [5.41, 5.74) is 1.98. The van der Waals surface area contributed by atoms with E-state index in [2.05, 4.69) is 47.4 Å². The lowest BCUT2D eigenvalue weighted by atomic mass is 10.0. The Morgan fingerprint density at radius 2 is 1.83 bits per heavy atom. The molecule has 4 heteroatoms. The Morgan fingerprint density at radius 1 is 1.13 bits per heavy atom. The van der Waals surface area contributed by atoms with Gasteiger partial charge in [0.05, 0.1) is 11.8 Å². The quantitative estimate of drug-likeness (QED) is 0.853. The van der Waals surface area contributed by atoms with Crippen LogP contribution in [-0.4, -0.2) is 31.9 Å². The minimum atomic E-state index is -0.518. The van der Waals surface area contributed by atoms with Gasteiger partial charge in [-0.2, -0.15) is 5.10 Å². The maximum atomic E-state index is 10.8. The van der Waals surface area contributed by atoms with E-state index in [1.54, 1.807) is 0 Å². The largest absolute Gasteiger partial charge is 0.389 e. The number of aliphatic hydroxyl groups is 1. The van der Waals surface area contributed by atoms with Crippen molar-refractivity contribution in [2.75, 3.05) is 6.54 Å². The zero-order chi connectivity index (χ0) is 16.1. The summed E-state index contributed by atoms with van der Waals surface area (Å²) in [5.74, 6) is 0. The second-order valence-electron chi connectivity index (χ2n) is 6.77. The lowest BCUT2D eigenvalue weighted by Gasteiger charge is -2.31. The third-order valence-corrected chi connectivity index (χ3v) is 4.72. The van der Waals surface area contributed by atoms with Crippen LogP contribution in [0.1, 0.15) is 43.7 Å². The van der Waals surface area contributed by atoms with Crippen molar-refractivity contribution in [3.05, 3.63) is 53.9 Å². The first-order valence-electron chi connectivity index (χ1n) is 8.67. The average molecular weight is 313 g/mol. The fourth-order valence-electron chi connectivity index (χ4n) is 3.54. The molecule has 1 saturated carbocycles. The number of rotatable bonds is 7. The van der Waals surface area contributed by atoms with Gasteiger partial charge in [0.1, 0.15) is 0 Å². The SMILES string of the molecule is CCn1cc(CN(Cc2ccccc2)CC2(O)CCCC2)cn1. The molecular formula is C19H27N3O. The topological polar surface area (TPSA) is 41.3 Å². The number of aryl methyl sites for hydroxylation is 1. The molecule has 0 radical (unpaired) electrons. The Balaban J connectivity index is 1.72. The molecule has 23 heavy (non-hydrogen) atoms. The van der Waals surface area contributed by atoms with E-state index >= 15 is 0 Å². The molecule has 1 heterocycles. The summed E-state index contributed by atoms with van der Waals surface area (Å²) in [5, 5.41) is 15.2. The van der Waals surface area contributed by atoms with E-state index in [0.29, 0.717) is 0 Å². The van der Waals surface area contributed by atoms with Crippen LogP contribution in [-0.2, 0) is 19.6 Å². The number of nitrogens with zero attached hydrogens (tertiary/aromatic N) is 3. The van der Waals surface area contributed by atoms with Crippen LogP contribution in [0.4, 0.5) is 0 Å². The van der Waals surface area contributed by atoms with E-state index in [4.69, 9.17) is 0 Å². The third-order valence-electron chi connectivity index (χ3n) is 4.72. The Kier molecular flexibility index (Phi) is 5.13. The predicted octanol–water partition coefficient (Wildman–Crippen LogP) is 3.21. The van der Waals surface area contributed by atoms with Gasteiger partial charge in [-0.3, -0.25) is 9.58 Å². The van der Waals surface area contributed by atoms with E-state index < -0.39 is 5.60 Å². The highest BCUT2D eigenvalue weighted by molar-refractivity contribution is 5.15. The lowest BCUT2D eigenvalue weighted by Crippen LogP contribution is -2.40. The molecule has 0 saturated heterocycles. The Hall–Kier alpha value is -1.65. The maximum absolute atomic E-state index is 10.8. The predicted molar refractivity (Wildman–Crippen MR) is 91.9 cm³/mol. The van der Waals surface area contributed by atoms with Gasteiger partial charge < -0.3 is 5.11 Å². The van der Waals surface area contributed by atoms with Crippen molar-refractivity contribution in [3.8, 4) is 0 Å². The van der Waals surface area contributed by atoms with Gasteiger partial charge >= 0.3 is 0 Å². The van der Waals surface area contributed by atoms with Crippen molar-refractivity contribution in [1.82, 2.24) is 14.7 Å². The van der Waals surface area contributed by atoms with E-state index in [-0.39, 0.29) is 0 Å². The van der Waals surface area contributed by atoms with Crippen molar-refractivity contribution < 1.29 is 5.11 Å². The molecule has 0 bridgehead atoms. The molecule has 0 unspecified atom stereocenters. The van der Waals surface area contributed by atoms with Crippen LogP contribution in [0.2, 0.25) is 0 Å². The Labute approximate surface area is 138 Å². The first-order valence-corrected chi connectivity index (χ1v) is 8.67. The maximum Gasteiger partial charge on any atom is 0.0774 e. The highest BCUT2D eigenvalue weighted by atomic mass is 16.3. The van der Waals surface area contributed by atoms with Crippen molar-refractivity contribution in [1.29, 1.82) is 0 Å². The number of hydrogen-bond donors (Lipinski definition) is 1. The molecule has 1 N–H and O–H groups in total. The molecule has 2 aromatic rings. The summed E-state index contributed by atoms with van der Waals surface area (Å²) in [6, 6.07) is 10.5. The molecule has 1 aromatic heterocycles. The van der Waals surface area contributed by atoms with Crippen molar-refractivity contribution >= 4 is 0 Å². The fraction of sp³-hybridized carbons (Fsp3) is 0.526. The number of benzene rings is 1. The van der Waals surface area contributed by atoms with Crippen molar-refractivity contribution in [2.45, 2.75) is 57.8 Å². The van der Waals surface area contributed by atoms with Crippen molar-refractivity contribution in [2.24, 2.45) is 0 Å². The van der Waals surface area contributed by atoms with Crippen LogP contribution in [0.5, 0.6) is 0 Å². The minimum Gasteiger partial charge on any atom is -0.389 e. The number of hydrogen-bond acceptors (Lipinski definition) is 3. The molecule has 124 valence electrons. The van der Waals surface area contributed by atoms with Gasteiger partial charge in [-0.1, -0.05) is 43.2 Å². The van der Waals surface area contributed by atoms with Gasteiger partial charge in [-0.25, -0.2) is 0 Å². The summed E-state index contributed by atoms with van der Waals surface area (Å²) >= 11 is 0. The monoisotopic (exact) mass is 313 g/mol. The molecule has 4 nitrogen and oxygen atoms in total. The molecule has 1 aromatic carbocycles. The zero-order valence-corrected chi connectivity index (χ0v) is 14.0. The standard InChI is InChI=1S/C19H27N3O/c1-2-22-15-18(12-20-22)14-21(13-17-8-4-3-5-9-17)16-19(23)10-6-7-11-19/h3-5,8-9,12,15,23H,2,6-7,10-11,13-14,16H2,1H3.